The zero-order chi connectivity index (χ0) is 21.3. The van der Waals surface area contributed by atoms with Crippen molar-refractivity contribution in [3.8, 4) is 0 Å². The molecule has 2 aromatic rings. The van der Waals surface area contributed by atoms with E-state index >= 15 is 0 Å². The fourth-order valence-corrected chi connectivity index (χ4v) is 3.57. The maximum atomic E-state index is 13.9. The third kappa shape index (κ3) is 6.79. The molecule has 0 saturated carbocycles. The highest BCUT2D eigenvalue weighted by atomic mass is 35.5. The number of piperazine rings is 1. The Morgan fingerprint density at radius 1 is 0.967 bits per heavy atom. The molecule has 1 saturated heterocycles. The van der Waals surface area contributed by atoms with E-state index < -0.39 is 6.03 Å². The fourth-order valence-electron chi connectivity index (χ4n) is 3.35. The average Bonchev–Trinajstić information content (AvgIpc) is 2.75. The molecule has 160 valence electrons. The molecule has 2 aromatic carbocycles. The summed E-state index contributed by atoms with van der Waals surface area (Å²) in [4.78, 5) is 28.2. The standard InChI is InChI=1S/C22H26ClFN4O2/c23-19-7-4-8-20(24)18(19)16-28-13-11-27(12-14-28)10-9-21(29)26-22(30)25-15-17-5-2-1-3-6-17/h1-8H,9-16H2,(H2,25,26,29,30). The lowest BCUT2D eigenvalue weighted by molar-refractivity contribution is -0.120. The predicted molar refractivity (Wildman–Crippen MR) is 115 cm³/mol. The van der Waals surface area contributed by atoms with Gasteiger partial charge in [0.25, 0.3) is 0 Å². The van der Waals surface area contributed by atoms with E-state index in [-0.39, 0.29) is 18.1 Å². The SMILES string of the molecule is O=C(CCN1CCN(Cc2c(F)cccc2Cl)CC1)NC(=O)NCc1ccccc1. The minimum absolute atomic E-state index is 0.248. The molecule has 1 heterocycles. The van der Waals surface area contributed by atoms with Crippen LogP contribution in [0.25, 0.3) is 0 Å². The lowest BCUT2D eigenvalue weighted by Gasteiger charge is -2.34. The van der Waals surface area contributed by atoms with Crippen molar-refractivity contribution in [2.24, 2.45) is 0 Å². The highest BCUT2D eigenvalue weighted by molar-refractivity contribution is 6.31. The lowest BCUT2D eigenvalue weighted by Crippen LogP contribution is -2.47. The summed E-state index contributed by atoms with van der Waals surface area (Å²) >= 11 is 6.11. The van der Waals surface area contributed by atoms with E-state index in [1.165, 1.54) is 6.07 Å². The summed E-state index contributed by atoms with van der Waals surface area (Å²) < 4.78 is 13.9. The molecule has 0 aromatic heterocycles. The van der Waals surface area contributed by atoms with E-state index in [1.54, 1.807) is 12.1 Å². The third-order valence-corrected chi connectivity index (χ3v) is 5.47. The fraction of sp³-hybridized carbons (Fsp3) is 0.364. The molecular weight excluding hydrogens is 407 g/mol. The van der Waals surface area contributed by atoms with Crippen molar-refractivity contribution in [2.75, 3.05) is 32.7 Å². The number of carbonyl (C=O) groups is 2. The van der Waals surface area contributed by atoms with Gasteiger partial charge in [0.15, 0.2) is 0 Å². The summed E-state index contributed by atoms with van der Waals surface area (Å²) in [6.45, 7) is 4.51. The average molecular weight is 433 g/mol. The zero-order valence-corrected chi connectivity index (χ0v) is 17.5. The number of benzene rings is 2. The van der Waals surface area contributed by atoms with Crippen molar-refractivity contribution < 1.29 is 14.0 Å². The van der Waals surface area contributed by atoms with E-state index in [4.69, 9.17) is 11.6 Å². The van der Waals surface area contributed by atoms with Gasteiger partial charge in [0.2, 0.25) is 5.91 Å². The first-order valence-electron chi connectivity index (χ1n) is 10.0. The van der Waals surface area contributed by atoms with Gasteiger partial charge in [-0.3, -0.25) is 15.0 Å². The van der Waals surface area contributed by atoms with Gasteiger partial charge < -0.3 is 10.2 Å². The number of rotatable bonds is 7. The van der Waals surface area contributed by atoms with Crippen molar-refractivity contribution in [3.63, 3.8) is 0 Å². The number of nitrogens with zero attached hydrogens (tertiary/aromatic N) is 2. The van der Waals surface area contributed by atoms with Crippen LogP contribution < -0.4 is 10.6 Å². The number of hydrogen-bond donors (Lipinski definition) is 2. The maximum Gasteiger partial charge on any atom is 0.321 e. The second-order valence-electron chi connectivity index (χ2n) is 7.28. The Hall–Kier alpha value is -2.48. The molecule has 0 spiro atoms. The van der Waals surface area contributed by atoms with Gasteiger partial charge in [0, 0.05) is 62.8 Å². The van der Waals surface area contributed by atoms with Gasteiger partial charge in [-0.05, 0) is 17.7 Å². The number of carbonyl (C=O) groups excluding carboxylic acids is 2. The van der Waals surface area contributed by atoms with Gasteiger partial charge in [-0.25, -0.2) is 9.18 Å². The minimum Gasteiger partial charge on any atom is -0.334 e. The Labute approximate surface area is 181 Å². The van der Waals surface area contributed by atoms with Crippen molar-refractivity contribution in [2.45, 2.75) is 19.5 Å². The molecular formula is C22H26ClFN4O2. The maximum absolute atomic E-state index is 13.9. The second-order valence-corrected chi connectivity index (χ2v) is 7.69. The molecule has 1 aliphatic heterocycles. The van der Waals surface area contributed by atoms with Crippen molar-refractivity contribution >= 4 is 23.5 Å². The van der Waals surface area contributed by atoms with E-state index in [0.717, 1.165) is 31.7 Å². The highest BCUT2D eigenvalue weighted by Gasteiger charge is 2.20. The van der Waals surface area contributed by atoms with Gasteiger partial charge in [0.1, 0.15) is 5.82 Å². The Kier molecular flexibility index (Phi) is 8.19. The largest absolute Gasteiger partial charge is 0.334 e. The van der Waals surface area contributed by atoms with Crippen LogP contribution in [0.1, 0.15) is 17.5 Å². The predicted octanol–water partition coefficient (Wildman–Crippen LogP) is 3.01. The monoisotopic (exact) mass is 432 g/mol. The molecule has 0 atom stereocenters. The Morgan fingerprint density at radius 3 is 2.37 bits per heavy atom. The van der Waals surface area contributed by atoms with Gasteiger partial charge >= 0.3 is 6.03 Å². The van der Waals surface area contributed by atoms with E-state index in [2.05, 4.69) is 20.4 Å². The van der Waals surface area contributed by atoms with Crippen molar-refractivity contribution in [1.29, 1.82) is 0 Å². The molecule has 6 nitrogen and oxygen atoms in total. The topological polar surface area (TPSA) is 64.7 Å². The number of amides is 3. The van der Waals surface area contributed by atoms with Gasteiger partial charge in [0.05, 0.1) is 0 Å². The zero-order valence-electron chi connectivity index (χ0n) is 16.7. The normalized spacial score (nSPS) is 15.0. The number of halogens is 2. The van der Waals surface area contributed by atoms with Crippen LogP contribution in [0, 0.1) is 5.82 Å². The van der Waals surface area contributed by atoms with Crippen LogP contribution in [0.4, 0.5) is 9.18 Å². The van der Waals surface area contributed by atoms with Crippen LogP contribution in [-0.4, -0.2) is 54.5 Å². The van der Waals surface area contributed by atoms with Crippen molar-refractivity contribution in [3.05, 3.63) is 70.5 Å². The molecule has 30 heavy (non-hydrogen) atoms. The molecule has 3 amide bonds. The van der Waals surface area contributed by atoms with Crippen LogP contribution in [0.2, 0.25) is 5.02 Å². The quantitative estimate of drug-likeness (QED) is 0.706. The van der Waals surface area contributed by atoms with Crippen LogP contribution in [0.3, 0.4) is 0 Å². The van der Waals surface area contributed by atoms with Crippen LogP contribution >= 0.6 is 11.6 Å². The van der Waals surface area contributed by atoms with Crippen LogP contribution in [-0.2, 0) is 17.9 Å². The summed E-state index contributed by atoms with van der Waals surface area (Å²) in [5, 5.41) is 5.48. The van der Waals surface area contributed by atoms with E-state index in [9.17, 15) is 14.0 Å². The molecule has 0 aliphatic carbocycles. The number of hydrogen-bond acceptors (Lipinski definition) is 4. The Bertz CT molecular complexity index is 837. The molecule has 3 rings (SSSR count). The van der Waals surface area contributed by atoms with Crippen LogP contribution in [0.5, 0.6) is 0 Å². The molecule has 1 aliphatic rings. The third-order valence-electron chi connectivity index (χ3n) is 5.11. The molecule has 1 fully saturated rings. The molecule has 0 radical (unpaired) electrons. The summed E-state index contributed by atoms with van der Waals surface area (Å²) in [7, 11) is 0. The first-order chi connectivity index (χ1) is 14.5. The first-order valence-corrected chi connectivity index (χ1v) is 10.4. The Morgan fingerprint density at radius 2 is 1.67 bits per heavy atom. The first kappa shape index (κ1) is 22.2. The van der Waals surface area contributed by atoms with Gasteiger partial charge in [-0.1, -0.05) is 48.0 Å². The van der Waals surface area contributed by atoms with Gasteiger partial charge in [-0.15, -0.1) is 0 Å². The summed E-state index contributed by atoms with van der Waals surface area (Å²) in [5.74, 6) is -0.590. The van der Waals surface area contributed by atoms with Gasteiger partial charge in [-0.2, -0.15) is 0 Å². The summed E-state index contributed by atoms with van der Waals surface area (Å²) in [6, 6.07) is 13.7. The number of nitrogens with one attached hydrogen (secondary N) is 2. The number of imide groups is 1. The molecule has 2 N–H and O–H groups in total. The van der Waals surface area contributed by atoms with E-state index in [0.29, 0.717) is 30.2 Å². The van der Waals surface area contributed by atoms with E-state index in [1.807, 2.05) is 30.3 Å². The lowest BCUT2D eigenvalue weighted by atomic mass is 10.2. The Balaban J connectivity index is 1.33. The van der Waals surface area contributed by atoms with Crippen molar-refractivity contribution in [1.82, 2.24) is 20.4 Å². The second kappa shape index (κ2) is 11.1. The van der Waals surface area contributed by atoms with Crippen LogP contribution in [0.15, 0.2) is 48.5 Å². The molecule has 8 heteroatoms. The highest BCUT2D eigenvalue weighted by Crippen LogP contribution is 2.21. The molecule has 0 unspecified atom stereocenters. The minimum atomic E-state index is -0.490. The summed E-state index contributed by atoms with van der Waals surface area (Å²) in [5.41, 5.74) is 1.49. The number of urea groups is 1. The molecule has 0 bridgehead atoms. The smallest absolute Gasteiger partial charge is 0.321 e. The summed E-state index contributed by atoms with van der Waals surface area (Å²) in [6.07, 6.45) is 0.248.